The Morgan fingerprint density at radius 1 is 1.36 bits per heavy atom. The summed E-state index contributed by atoms with van der Waals surface area (Å²) in [7, 11) is 0. The zero-order valence-corrected chi connectivity index (χ0v) is 6.72. The van der Waals surface area contributed by atoms with E-state index < -0.39 is 13.2 Å². The highest BCUT2D eigenvalue weighted by atomic mass is 13.9. The van der Waals surface area contributed by atoms with E-state index in [0.717, 1.165) is 0 Å². The van der Waals surface area contributed by atoms with Crippen LogP contribution in [0.2, 0.25) is 0 Å². The molecule has 0 rings (SSSR count). The van der Waals surface area contributed by atoms with Crippen LogP contribution in [0.15, 0.2) is 37.0 Å². The highest BCUT2D eigenvalue weighted by molar-refractivity contribution is 5.08. The second-order valence-corrected chi connectivity index (χ2v) is 2.12. The Hall–Kier alpha value is -0.780. The van der Waals surface area contributed by atoms with Gasteiger partial charge in [-0.05, 0) is 12.8 Å². The first kappa shape index (κ1) is 4.30. The Morgan fingerprint density at radius 2 is 2.27 bits per heavy atom. The molecule has 0 unspecified atom stereocenters. The molecule has 0 N–H and O–H groups in total. The molecule has 0 aromatic carbocycles. The van der Waals surface area contributed by atoms with Crippen molar-refractivity contribution in [3.05, 3.63) is 37.0 Å². The summed E-state index contributed by atoms with van der Waals surface area (Å²) >= 11 is 0. The maximum Gasteiger partial charge on any atom is 0.0264 e. The largest absolute Gasteiger partial charge is 0.0991 e. The van der Waals surface area contributed by atoms with Crippen LogP contribution in [0.25, 0.3) is 0 Å². The normalized spacial score (nSPS) is 20.5. The van der Waals surface area contributed by atoms with Crippen LogP contribution in [0.3, 0.4) is 0 Å². The fourth-order valence-electron chi connectivity index (χ4n) is 0.626. The molecule has 0 aliphatic rings. The van der Waals surface area contributed by atoms with Gasteiger partial charge in [-0.15, -0.1) is 0 Å². The topological polar surface area (TPSA) is 0 Å². The van der Waals surface area contributed by atoms with E-state index >= 15 is 0 Å². The number of hydrogen-bond acceptors (Lipinski definition) is 0. The minimum absolute atomic E-state index is 0.0546. The van der Waals surface area contributed by atoms with E-state index in [0.29, 0.717) is 12.8 Å². The van der Waals surface area contributed by atoms with Crippen molar-refractivity contribution in [3.63, 3.8) is 0 Å². The van der Waals surface area contributed by atoms with Crippen LogP contribution in [0.5, 0.6) is 0 Å². The standard InChI is InChI=1S/C11H18/c1-3-5-7-9-11-10-8-6-4-2/h3,5,7,9,11H,1,4,6,8,10H2,2H3/b7-5+,11-9-/i2D3,4D2. The fraction of sp³-hybridized carbons (Fsp3) is 0.455. The summed E-state index contributed by atoms with van der Waals surface area (Å²) in [6.07, 6.45) is 8.18. The predicted octanol–water partition coefficient (Wildman–Crippen LogP) is 3.87. The zero-order valence-electron chi connectivity index (χ0n) is 11.7. The third-order valence-corrected chi connectivity index (χ3v) is 1.17. The summed E-state index contributed by atoms with van der Waals surface area (Å²) < 4.78 is 35.8. The third-order valence-electron chi connectivity index (χ3n) is 1.17. The molecule has 0 fully saturated rings. The second-order valence-electron chi connectivity index (χ2n) is 2.12. The molecule has 0 aromatic rings. The number of rotatable bonds is 6. The van der Waals surface area contributed by atoms with Crippen molar-refractivity contribution < 1.29 is 6.85 Å². The second kappa shape index (κ2) is 9.22. The molecule has 0 aliphatic heterocycles. The van der Waals surface area contributed by atoms with Crippen LogP contribution in [0.1, 0.15) is 39.3 Å². The first-order chi connectivity index (χ1) is 7.31. The zero-order chi connectivity index (χ0) is 12.7. The van der Waals surface area contributed by atoms with E-state index in [9.17, 15) is 0 Å². The Kier molecular flexibility index (Phi) is 3.60. The Bertz CT molecular complexity index is 260. The Morgan fingerprint density at radius 3 is 3.00 bits per heavy atom. The summed E-state index contributed by atoms with van der Waals surface area (Å²) in [6, 6.07) is 0. The van der Waals surface area contributed by atoms with Gasteiger partial charge in [-0.2, -0.15) is 0 Å². The van der Waals surface area contributed by atoms with Gasteiger partial charge in [0.25, 0.3) is 0 Å². The molecule has 0 atom stereocenters. The predicted molar refractivity (Wildman–Crippen MR) is 52.6 cm³/mol. The van der Waals surface area contributed by atoms with Gasteiger partial charge in [-0.3, -0.25) is 0 Å². The van der Waals surface area contributed by atoms with Crippen molar-refractivity contribution in [2.45, 2.75) is 32.5 Å². The molecular weight excluding hydrogens is 132 g/mol. The van der Waals surface area contributed by atoms with Crippen molar-refractivity contribution in [1.82, 2.24) is 0 Å². The average Bonchev–Trinajstić information content (AvgIpc) is 2.14. The molecule has 0 aromatic heterocycles. The van der Waals surface area contributed by atoms with Gasteiger partial charge in [0, 0.05) is 6.85 Å². The van der Waals surface area contributed by atoms with Crippen LogP contribution < -0.4 is 0 Å². The lowest BCUT2D eigenvalue weighted by atomic mass is 10.2. The lowest BCUT2D eigenvalue weighted by molar-refractivity contribution is 0.729. The number of unbranched alkanes of at least 4 members (excludes halogenated alkanes) is 1. The summed E-state index contributed by atoms with van der Waals surface area (Å²) in [4.78, 5) is 0. The summed E-state index contributed by atoms with van der Waals surface area (Å²) in [5.74, 6) is 0. The van der Waals surface area contributed by atoms with E-state index in [1.165, 1.54) is 0 Å². The molecule has 0 heteroatoms. The monoisotopic (exact) mass is 155 g/mol. The van der Waals surface area contributed by atoms with Gasteiger partial charge in [0.2, 0.25) is 0 Å². The van der Waals surface area contributed by atoms with Crippen molar-refractivity contribution in [2.24, 2.45) is 0 Å². The molecule has 0 bridgehead atoms. The summed E-state index contributed by atoms with van der Waals surface area (Å²) in [5, 5.41) is 0. The first-order valence-electron chi connectivity index (χ1n) is 6.25. The van der Waals surface area contributed by atoms with Crippen molar-refractivity contribution in [2.75, 3.05) is 0 Å². The number of hydrogen-bond donors (Lipinski definition) is 0. The van der Waals surface area contributed by atoms with Gasteiger partial charge in [0.15, 0.2) is 0 Å². The van der Waals surface area contributed by atoms with Gasteiger partial charge in [0.1, 0.15) is 0 Å². The van der Waals surface area contributed by atoms with E-state index in [-0.39, 0.29) is 6.42 Å². The molecule has 0 aliphatic carbocycles. The molecule has 62 valence electrons. The lowest BCUT2D eigenvalue weighted by Crippen LogP contribution is -1.69. The van der Waals surface area contributed by atoms with Crippen LogP contribution in [0, 0.1) is 0 Å². The molecule has 0 heterocycles. The highest BCUT2D eigenvalue weighted by Crippen LogP contribution is 1.99. The minimum atomic E-state index is -2.53. The van der Waals surface area contributed by atoms with Crippen molar-refractivity contribution in [1.29, 1.82) is 0 Å². The molecule has 0 saturated carbocycles. The van der Waals surface area contributed by atoms with E-state index in [4.69, 9.17) is 6.85 Å². The minimum Gasteiger partial charge on any atom is -0.0991 e. The van der Waals surface area contributed by atoms with Crippen LogP contribution in [0.4, 0.5) is 0 Å². The first-order valence-corrected chi connectivity index (χ1v) is 3.75. The van der Waals surface area contributed by atoms with Crippen LogP contribution in [-0.2, 0) is 0 Å². The molecule has 0 saturated heterocycles. The lowest BCUT2D eigenvalue weighted by Gasteiger charge is -1.89. The highest BCUT2D eigenvalue weighted by Gasteiger charge is 1.79. The smallest absolute Gasteiger partial charge is 0.0264 e. The molecular formula is C11H18. The molecule has 0 radical (unpaired) electrons. The number of allylic oxidation sites excluding steroid dienone is 5. The van der Waals surface area contributed by atoms with Crippen LogP contribution >= 0.6 is 0 Å². The summed E-state index contributed by atoms with van der Waals surface area (Å²) in [5.41, 5.74) is 0. The van der Waals surface area contributed by atoms with Crippen LogP contribution in [-0.4, -0.2) is 0 Å². The van der Waals surface area contributed by atoms with Gasteiger partial charge >= 0.3 is 0 Å². The SMILES string of the molecule is [2H]C([2H])([2H])C([2H])([2H])CCC/C=C\C=C\C=C. The quantitative estimate of drug-likeness (QED) is 0.403. The van der Waals surface area contributed by atoms with Gasteiger partial charge < -0.3 is 0 Å². The van der Waals surface area contributed by atoms with E-state index in [2.05, 4.69) is 6.58 Å². The van der Waals surface area contributed by atoms with E-state index in [1.54, 1.807) is 12.2 Å². The molecule has 0 amide bonds. The summed E-state index contributed by atoms with van der Waals surface area (Å²) in [6.45, 7) is 0.993. The molecule has 0 spiro atoms. The molecule has 0 nitrogen and oxygen atoms in total. The van der Waals surface area contributed by atoms with E-state index in [1.807, 2.05) is 18.2 Å². The average molecular weight is 155 g/mol. The molecule has 11 heavy (non-hydrogen) atoms. The van der Waals surface area contributed by atoms with Crippen molar-refractivity contribution >= 4 is 0 Å². The van der Waals surface area contributed by atoms with Gasteiger partial charge in [0.05, 0.1) is 0 Å². The van der Waals surface area contributed by atoms with Gasteiger partial charge in [-0.1, -0.05) is 56.6 Å². The fourth-order valence-corrected chi connectivity index (χ4v) is 0.626. The third kappa shape index (κ3) is 9.22. The Labute approximate surface area is 77.3 Å². The van der Waals surface area contributed by atoms with Crippen molar-refractivity contribution in [3.8, 4) is 0 Å². The van der Waals surface area contributed by atoms with Gasteiger partial charge in [-0.25, -0.2) is 0 Å². The maximum atomic E-state index is 7.38. The Balaban J connectivity index is 3.87. The maximum absolute atomic E-state index is 7.38.